The summed E-state index contributed by atoms with van der Waals surface area (Å²) >= 11 is 0. The second-order valence-corrected chi connectivity index (χ2v) is 6.76. The van der Waals surface area contributed by atoms with Gasteiger partial charge >= 0.3 is 0 Å². The summed E-state index contributed by atoms with van der Waals surface area (Å²) in [5, 5.41) is 13.7. The summed E-state index contributed by atoms with van der Waals surface area (Å²) in [7, 11) is 2.12. The molecule has 3 heteroatoms. The Morgan fingerprint density at radius 1 is 1.29 bits per heavy atom. The average molecular weight is 290 g/mol. The summed E-state index contributed by atoms with van der Waals surface area (Å²) in [6, 6.07) is 9.14. The first-order valence-electron chi connectivity index (χ1n) is 8.19. The molecule has 1 aromatic carbocycles. The molecule has 0 saturated heterocycles. The maximum Gasteiger partial charge on any atom is 0.0633 e. The Balaban J connectivity index is 2.11. The predicted molar refractivity (Wildman–Crippen MR) is 89.9 cm³/mol. The molecule has 3 nitrogen and oxygen atoms in total. The lowest BCUT2D eigenvalue weighted by atomic mass is 9.92. The van der Waals surface area contributed by atoms with Gasteiger partial charge in [0.25, 0.3) is 0 Å². The number of aliphatic hydroxyl groups excluding tert-OH is 1. The van der Waals surface area contributed by atoms with E-state index in [2.05, 4.69) is 62.3 Å². The lowest BCUT2D eigenvalue weighted by Crippen LogP contribution is -2.59. The molecule has 1 atom stereocenters. The fraction of sp³-hybridized carbons (Fsp3) is 0.667. The second kappa shape index (κ2) is 6.80. The molecule has 0 amide bonds. The van der Waals surface area contributed by atoms with E-state index in [1.54, 1.807) is 0 Å². The predicted octanol–water partition coefficient (Wildman–Crippen LogP) is 2.82. The van der Waals surface area contributed by atoms with Crippen molar-refractivity contribution < 1.29 is 5.11 Å². The number of anilines is 1. The Labute approximate surface area is 129 Å². The van der Waals surface area contributed by atoms with Gasteiger partial charge in [-0.2, -0.15) is 0 Å². The maximum atomic E-state index is 10.0. The molecule has 1 saturated carbocycles. The minimum absolute atomic E-state index is 0.174. The van der Waals surface area contributed by atoms with Crippen molar-refractivity contribution in [2.24, 2.45) is 5.92 Å². The molecule has 21 heavy (non-hydrogen) atoms. The number of rotatable bonds is 8. The number of benzene rings is 1. The van der Waals surface area contributed by atoms with Crippen LogP contribution in [-0.2, 0) is 6.42 Å². The molecule has 0 heterocycles. The third-order valence-electron chi connectivity index (χ3n) is 4.52. The van der Waals surface area contributed by atoms with Gasteiger partial charge < -0.3 is 15.3 Å². The summed E-state index contributed by atoms with van der Waals surface area (Å²) in [4.78, 5) is 2.27. The standard InChI is InChI=1S/C18H30N2O/c1-5-15-6-10-17(11-7-15)20(4)12-18(13-21,16-8-9-16)19-14(2)3/h6-7,10-11,14,16,19,21H,5,8-9,12-13H2,1-4H3. The summed E-state index contributed by atoms with van der Waals surface area (Å²) in [6.07, 6.45) is 3.52. The minimum Gasteiger partial charge on any atom is -0.394 e. The molecule has 1 aliphatic rings. The maximum absolute atomic E-state index is 10.0. The van der Waals surface area contributed by atoms with Crippen LogP contribution in [-0.4, -0.2) is 36.9 Å². The first-order valence-corrected chi connectivity index (χ1v) is 8.19. The first kappa shape index (κ1) is 16.3. The zero-order chi connectivity index (χ0) is 15.5. The van der Waals surface area contributed by atoms with Crippen LogP contribution in [0.2, 0.25) is 0 Å². The molecule has 0 bridgehead atoms. The van der Waals surface area contributed by atoms with Gasteiger partial charge in [-0.15, -0.1) is 0 Å². The van der Waals surface area contributed by atoms with Gasteiger partial charge in [-0.1, -0.05) is 32.9 Å². The van der Waals surface area contributed by atoms with Crippen LogP contribution in [0.1, 0.15) is 39.2 Å². The molecule has 2 rings (SSSR count). The highest BCUT2D eigenvalue weighted by Crippen LogP contribution is 2.40. The van der Waals surface area contributed by atoms with E-state index >= 15 is 0 Å². The Kier molecular flexibility index (Phi) is 5.28. The van der Waals surface area contributed by atoms with E-state index in [0.29, 0.717) is 12.0 Å². The number of hydrogen-bond acceptors (Lipinski definition) is 3. The van der Waals surface area contributed by atoms with Crippen molar-refractivity contribution in [3.8, 4) is 0 Å². The van der Waals surface area contributed by atoms with Crippen molar-refractivity contribution in [2.75, 3.05) is 25.1 Å². The van der Waals surface area contributed by atoms with Crippen LogP contribution in [0.4, 0.5) is 5.69 Å². The highest BCUT2D eigenvalue weighted by Gasteiger charge is 2.45. The molecule has 0 radical (unpaired) electrons. The van der Waals surface area contributed by atoms with Crippen LogP contribution in [0.5, 0.6) is 0 Å². The number of nitrogens with zero attached hydrogens (tertiary/aromatic N) is 1. The van der Waals surface area contributed by atoms with E-state index in [9.17, 15) is 5.11 Å². The van der Waals surface area contributed by atoms with Crippen molar-refractivity contribution >= 4 is 5.69 Å². The normalized spacial score (nSPS) is 17.8. The quantitative estimate of drug-likeness (QED) is 0.773. The Morgan fingerprint density at radius 3 is 2.33 bits per heavy atom. The van der Waals surface area contributed by atoms with E-state index in [0.717, 1.165) is 13.0 Å². The molecular weight excluding hydrogens is 260 g/mol. The molecule has 118 valence electrons. The molecule has 1 aliphatic carbocycles. The van der Waals surface area contributed by atoms with Gasteiger partial charge in [0.1, 0.15) is 0 Å². The highest BCUT2D eigenvalue weighted by molar-refractivity contribution is 5.47. The van der Waals surface area contributed by atoms with Crippen LogP contribution >= 0.6 is 0 Å². The number of nitrogens with one attached hydrogen (secondary N) is 1. The average Bonchev–Trinajstić information content (AvgIpc) is 3.31. The SMILES string of the molecule is CCc1ccc(N(C)CC(CO)(NC(C)C)C2CC2)cc1. The molecule has 1 unspecified atom stereocenters. The van der Waals surface area contributed by atoms with E-state index in [4.69, 9.17) is 0 Å². The second-order valence-electron chi connectivity index (χ2n) is 6.76. The molecule has 2 N–H and O–H groups in total. The fourth-order valence-electron chi connectivity index (χ4n) is 3.23. The third kappa shape index (κ3) is 3.98. The van der Waals surface area contributed by atoms with E-state index in [1.165, 1.54) is 24.1 Å². The van der Waals surface area contributed by atoms with Crippen molar-refractivity contribution in [1.29, 1.82) is 0 Å². The third-order valence-corrected chi connectivity index (χ3v) is 4.52. The van der Waals surface area contributed by atoms with Crippen LogP contribution < -0.4 is 10.2 Å². The molecule has 0 spiro atoms. The van der Waals surface area contributed by atoms with Crippen LogP contribution in [0, 0.1) is 5.92 Å². The van der Waals surface area contributed by atoms with Gasteiger partial charge in [0, 0.05) is 25.3 Å². The molecular formula is C18H30N2O. The summed E-state index contributed by atoms with van der Waals surface area (Å²) in [5.41, 5.74) is 2.41. The van der Waals surface area contributed by atoms with Crippen molar-refractivity contribution in [3.63, 3.8) is 0 Å². The monoisotopic (exact) mass is 290 g/mol. The van der Waals surface area contributed by atoms with Crippen LogP contribution in [0.25, 0.3) is 0 Å². The van der Waals surface area contributed by atoms with Crippen molar-refractivity contribution in [1.82, 2.24) is 5.32 Å². The highest BCUT2D eigenvalue weighted by atomic mass is 16.3. The zero-order valence-electron chi connectivity index (χ0n) is 13.9. The lowest BCUT2D eigenvalue weighted by Gasteiger charge is -2.39. The summed E-state index contributed by atoms with van der Waals surface area (Å²) in [6.45, 7) is 7.53. The number of aliphatic hydroxyl groups is 1. The summed E-state index contributed by atoms with van der Waals surface area (Å²) in [5.74, 6) is 0.599. The van der Waals surface area contributed by atoms with E-state index < -0.39 is 0 Å². The largest absolute Gasteiger partial charge is 0.394 e. The fourth-order valence-corrected chi connectivity index (χ4v) is 3.23. The number of likely N-dealkylation sites (N-methyl/N-ethyl adjacent to an activating group) is 1. The Morgan fingerprint density at radius 2 is 1.90 bits per heavy atom. The van der Waals surface area contributed by atoms with E-state index in [1.807, 2.05) is 0 Å². The number of aryl methyl sites for hydroxylation is 1. The van der Waals surface area contributed by atoms with Crippen LogP contribution in [0.15, 0.2) is 24.3 Å². The lowest BCUT2D eigenvalue weighted by molar-refractivity contribution is 0.136. The van der Waals surface area contributed by atoms with Crippen molar-refractivity contribution in [3.05, 3.63) is 29.8 Å². The Hall–Kier alpha value is -1.06. The molecule has 1 aromatic rings. The van der Waals surface area contributed by atoms with Gasteiger partial charge in [0.15, 0.2) is 0 Å². The molecule has 0 aromatic heterocycles. The molecule has 1 fully saturated rings. The minimum atomic E-state index is -0.174. The van der Waals surface area contributed by atoms with Gasteiger partial charge in [0.05, 0.1) is 12.1 Å². The van der Waals surface area contributed by atoms with Gasteiger partial charge in [-0.3, -0.25) is 0 Å². The zero-order valence-corrected chi connectivity index (χ0v) is 13.9. The Bertz CT molecular complexity index is 439. The van der Waals surface area contributed by atoms with Gasteiger partial charge in [-0.25, -0.2) is 0 Å². The summed E-state index contributed by atoms with van der Waals surface area (Å²) < 4.78 is 0. The topological polar surface area (TPSA) is 35.5 Å². The molecule has 0 aliphatic heterocycles. The van der Waals surface area contributed by atoms with Crippen molar-refractivity contribution in [2.45, 2.75) is 51.6 Å². The van der Waals surface area contributed by atoms with Gasteiger partial charge in [-0.05, 0) is 42.9 Å². The smallest absolute Gasteiger partial charge is 0.0633 e. The van der Waals surface area contributed by atoms with Crippen LogP contribution in [0.3, 0.4) is 0 Å². The van der Waals surface area contributed by atoms with Gasteiger partial charge in [0.2, 0.25) is 0 Å². The number of hydrogen-bond donors (Lipinski definition) is 2. The van der Waals surface area contributed by atoms with E-state index in [-0.39, 0.29) is 12.1 Å². The first-order chi connectivity index (χ1) is 10.0.